The van der Waals surface area contributed by atoms with Gasteiger partial charge in [0, 0.05) is 4.88 Å². The van der Waals surface area contributed by atoms with Gasteiger partial charge in [-0.05, 0) is 49.3 Å². The van der Waals surface area contributed by atoms with E-state index in [1.165, 1.54) is 23.5 Å². The minimum absolute atomic E-state index is 0.0743. The summed E-state index contributed by atoms with van der Waals surface area (Å²) in [5.41, 5.74) is 1.37. The van der Waals surface area contributed by atoms with Crippen LogP contribution in [-0.4, -0.2) is 21.0 Å². The molecule has 0 amide bonds. The Labute approximate surface area is 158 Å². The normalized spacial score (nSPS) is 16.0. The largest absolute Gasteiger partial charge is 0.462 e. The Morgan fingerprint density at radius 3 is 2.62 bits per heavy atom. The standard InChI is InChI=1S/C19H23NO4S2/c1-4-24-18(21)16-14-12-19(2,3)11-10-15(14)25-17(16)20-26(22,23)13-8-6-5-7-9-13/h5-9,20H,4,10-12H2,1-3H3. The molecule has 0 aliphatic heterocycles. The fourth-order valence-electron chi connectivity index (χ4n) is 3.19. The number of ether oxygens (including phenoxy) is 1. The monoisotopic (exact) mass is 393 g/mol. The highest BCUT2D eigenvalue weighted by Gasteiger charge is 2.34. The molecule has 1 aromatic carbocycles. The molecule has 26 heavy (non-hydrogen) atoms. The number of fused-ring (bicyclic) bond motifs is 1. The molecule has 140 valence electrons. The van der Waals surface area contributed by atoms with Crippen molar-refractivity contribution in [1.82, 2.24) is 0 Å². The lowest BCUT2D eigenvalue weighted by atomic mass is 9.76. The number of carbonyl (C=O) groups excluding carboxylic acids is 1. The van der Waals surface area contributed by atoms with E-state index in [0.29, 0.717) is 10.6 Å². The molecular weight excluding hydrogens is 370 g/mol. The lowest BCUT2D eigenvalue weighted by molar-refractivity contribution is 0.0526. The summed E-state index contributed by atoms with van der Waals surface area (Å²) < 4.78 is 33.3. The van der Waals surface area contributed by atoms with Crippen LogP contribution in [-0.2, 0) is 27.6 Å². The summed E-state index contributed by atoms with van der Waals surface area (Å²) in [5, 5.41) is 0.356. The summed E-state index contributed by atoms with van der Waals surface area (Å²) >= 11 is 1.35. The maximum atomic E-state index is 12.7. The summed E-state index contributed by atoms with van der Waals surface area (Å²) in [4.78, 5) is 13.8. The predicted octanol–water partition coefficient (Wildman–Crippen LogP) is 4.24. The SMILES string of the molecule is CCOC(=O)c1c(NS(=O)(=O)c2ccccc2)sc2c1CC(C)(C)CC2. The van der Waals surface area contributed by atoms with E-state index in [-0.39, 0.29) is 16.9 Å². The molecular formula is C19H23NO4S2. The van der Waals surface area contributed by atoms with Crippen LogP contribution < -0.4 is 4.72 Å². The van der Waals surface area contributed by atoms with E-state index < -0.39 is 16.0 Å². The Balaban J connectivity index is 2.05. The third-order valence-corrected chi connectivity index (χ3v) is 7.24. The minimum Gasteiger partial charge on any atom is -0.462 e. The molecule has 0 fully saturated rings. The minimum atomic E-state index is -3.76. The summed E-state index contributed by atoms with van der Waals surface area (Å²) in [7, 11) is -3.76. The van der Waals surface area contributed by atoms with Crippen molar-refractivity contribution < 1.29 is 17.9 Å². The van der Waals surface area contributed by atoms with Gasteiger partial charge in [0.1, 0.15) is 5.00 Å². The molecule has 1 N–H and O–H groups in total. The average molecular weight is 394 g/mol. The molecule has 0 radical (unpaired) electrons. The molecule has 1 heterocycles. The number of hydrogen-bond donors (Lipinski definition) is 1. The zero-order chi connectivity index (χ0) is 18.9. The first kappa shape index (κ1) is 18.9. The van der Waals surface area contributed by atoms with Crippen molar-refractivity contribution in [1.29, 1.82) is 0 Å². The quantitative estimate of drug-likeness (QED) is 0.771. The van der Waals surface area contributed by atoms with Crippen LogP contribution in [0.2, 0.25) is 0 Å². The second-order valence-electron chi connectivity index (χ2n) is 7.19. The van der Waals surface area contributed by atoms with Gasteiger partial charge in [-0.2, -0.15) is 0 Å². The van der Waals surface area contributed by atoms with Crippen molar-refractivity contribution in [2.45, 2.75) is 44.9 Å². The smallest absolute Gasteiger partial charge is 0.341 e. The van der Waals surface area contributed by atoms with Gasteiger partial charge in [0.2, 0.25) is 0 Å². The lowest BCUT2D eigenvalue weighted by Gasteiger charge is -2.29. The van der Waals surface area contributed by atoms with Crippen molar-refractivity contribution in [3.8, 4) is 0 Å². The molecule has 0 bridgehead atoms. The molecule has 0 saturated heterocycles. The third-order valence-electron chi connectivity index (χ3n) is 4.53. The van der Waals surface area contributed by atoms with E-state index in [1.54, 1.807) is 25.1 Å². The van der Waals surface area contributed by atoms with Gasteiger partial charge in [0.15, 0.2) is 0 Å². The fraction of sp³-hybridized carbons (Fsp3) is 0.421. The third kappa shape index (κ3) is 3.78. The number of nitrogens with one attached hydrogen (secondary N) is 1. The first-order chi connectivity index (χ1) is 12.2. The Hall–Kier alpha value is -1.86. The molecule has 3 rings (SSSR count). The van der Waals surface area contributed by atoms with Crippen LogP contribution >= 0.6 is 11.3 Å². The van der Waals surface area contributed by atoms with Crippen LogP contribution in [0.3, 0.4) is 0 Å². The highest BCUT2D eigenvalue weighted by Crippen LogP contribution is 2.44. The Bertz CT molecular complexity index is 915. The number of thiophene rings is 1. The summed E-state index contributed by atoms with van der Waals surface area (Å²) in [6, 6.07) is 8.16. The number of benzene rings is 1. The van der Waals surface area contributed by atoms with Crippen molar-refractivity contribution in [2.75, 3.05) is 11.3 Å². The van der Waals surface area contributed by atoms with Gasteiger partial charge in [0.25, 0.3) is 10.0 Å². The van der Waals surface area contributed by atoms with E-state index >= 15 is 0 Å². The van der Waals surface area contributed by atoms with Crippen molar-refractivity contribution in [3.05, 3.63) is 46.3 Å². The second kappa shape index (κ2) is 7.04. The van der Waals surface area contributed by atoms with E-state index in [2.05, 4.69) is 18.6 Å². The summed E-state index contributed by atoms with van der Waals surface area (Å²) in [5.74, 6) is -0.464. The van der Waals surface area contributed by atoms with Crippen molar-refractivity contribution in [2.24, 2.45) is 5.41 Å². The molecule has 0 atom stereocenters. The lowest BCUT2D eigenvalue weighted by Crippen LogP contribution is -2.23. The van der Waals surface area contributed by atoms with Gasteiger partial charge in [-0.3, -0.25) is 4.72 Å². The second-order valence-corrected chi connectivity index (χ2v) is 9.98. The van der Waals surface area contributed by atoms with Crippen LogP contribution in [0.1, 0.15) is 48.0 Å². The number of aryl methyl sites for hydroxylation is 1. The highest BCUT2D eigenvalue weighted by molar-refractivity contribution is 7.93. The Morgan fingerprint density at radius 1 is 1.27 bits per heavy atom. The van der Waals surface area contributed by atoms with Crippen molar-refractivity contribution >= 4 is 32.3 Å². The maximum Gasteiger partial charge on any atom is 0.341 e. The van der Waals surface area contributed by atoms with Crippen LogP contribution in [0, 0.1) is 5.41 Å². The van der Waals surface area contributed by atoms with Gasteiger partial charge >= 0.3 is 5.97 Å². The van der Waals surface area contributed by atoms with Crippen LogP contribution in [0.15, 0.2) is 35.2 Å². The molecule has 1 aliphatic rings. The van der Waals surface area contributed by atoms with Gasteiger partial charge in [0.05, 0.1) is 17.1 Å². The number of rotatable bonds is 5. The fourth-order valence-corrected chi connectivity index (χ4v) is 5.72. The zero-order valence-corrected chi connectivity index (χ0v) is 16.8. The number of carbonyl (C=O) groups is 1. The molecule has 0 spiro atoms. The molecule has 0 saturated carbocycles. The molecule has 1 aliphatic carbocycles. The Morgan fingerprint density at radius 2 is 1.96 bits per heavy atom. The van der Waals surface area contributed by atoms with Gasteiger partial charge in [-0.1, -0.05) is 32.0 Å². The molecule has 1 aromatic heterocycles. The Kier molecular flexibility index (Phi) is 5.12. The van der Waals surface area contributed by atoms with E-state index in [1.807, 2.05) is 0 Å². The van der Waals surface area contributed by atoms with E-state index in [0.717, 1.165) is 29.7 Å². The van der Waals surface area contributed by atoms with E-state index in [9.17, 15) is 13.2 Å². The molecule has 5 nitrogen and oxygen atoms in total. The van der Waals surface area contributed by atoms with Crippen LogP contribution in [0.4, 0.5) is 5.00 Å². The van der Waals surface area contributed by atoms with E-state index in [4.69, 9.17) is 4.74 Å². The highest BCUT2D eigenvalue weighted by atomic mass is 32.2. The van der Waals surface area contributed by atoms with Crippen LogP contribution in [0.25, 0.3) is 0 Å². The zero-order valence-electron chi connectivity index (χ0n) is 15.2. The maximum absolute atomic E-state index is 12.7. The number of hydrogen-bond acceptors (Lipinski definition) is 5. The number of anilines is 1. The summed E-state index contributed by atoms with van der Waals surface area (Å²) in [6.07, 6.45) is 2.58. The molecule has 0 unspecified atom stereocenters. The number of esters is 1. The first-order valence-electron chi connectivity index (χ1n) is 8.63. The first-order valence-corrected chi connectivity index (χ1v) is 10.9. The van der Waals surface area contributed by atoms with Crippen molar-refractivity contribution in [3.63, 3.8) is 0 Å². The topological polar surface area (TPSA) is 72.5 Å². The van der Waals surface area contributed by atoms with Gasteiger partial charge in [-0.15, -0.1) is 11.3 Å². The van der Waals surface area contributed by atoms with Gasteiger partial charge in [-0.25, -0.2) is 13.2 Å². The van der Waals surface area contributed by atoms with Crippen LogP contribution in [0.5, 0.6) is 0 Å². The molecule has 2 aromatic rings. The predicted molar refractivity (Wildman–Crippen MR) is 103 cm³/mol. The average Bonchev–Trinajstić information content (AvgIpc) is 2.91. The number of sulfonamides is 1. The summed E-state index contributed by atoms with van der Waals surface area (Å²) in [6.45, 7) is 6.32. The molecule has 7 heteroatoms. The van der Waals surface area contributed by atoms with Gasteiger partial charge < -0.3 is 4.74 Å².